The molecule has 0 unspecified atom stereocenters. The van der Waals surface area contributed by atoms with Gasteiger partial charge in [0.1, 0.15) is 16.9 Å². The lowest BCUT2D eigenvalue weighted by Crippen LogP contribution is -2.24. The molecule has 19 heavy (non-hydrogen) atoms. The molecule has 0 aromatic carbocycles. The van der Waals surface area contributed by atoms with E-state index in [0.717, 1.165) is 0 Å². The number of carbonyl (C=O) groups is 1. The van der Waals surface area contributed by atoms with Crippen molar-refractivity contribution in [2.45, 2.75) is 31.5 Å². The molecule has 7 heteroatoms. The maximum Gasteiger partial charge on any atom is 0.355 e. The number of rotatable bonds is 2. The van der Waals surface area contributed by atoms with Crippen molar-refractivity contribution in [2.24, 2.45) is 0 Å². The van der Waals surface area contributed by atoms with E-state index >= 15 is 0 Å². The number of esters is 1. The van der Waals surface area contributed by atoms with Crippen LogP contribution in [0.3, 0.4) is 0 Å². The van der Waals surface area contributed by atoms with Gasteiger partial charge in [0, 0.05) is 0 Å². The molecule has 2 rings (SSSR count). The highest BCUT2D eigenvalue weighted by molar-refractivity contribution is 7.98. The number of hydrogen-bond donors (Lipinski definition) is 2. The molecule has 0 spiro atoms. The number of carbonyl (C=O) groups excluding carboxylic acids is 1. The number of aromatic nitrogens is 3. The zero-order chi connectivity index (χ0) is 14.2. The zero-order valence-electron chi connectivity index (χ0n) is 11.2. The fourth-order valence-electron chi connectivity index (χ4n) is 1.54. The molecule has 6 nitrogen and oxygen atoms in total. The summed E-state index contributed by atoms with van der Waals surface area (Å²) in [6.07, 6.45) is 1.81. The first-order valence-electron chi connectivity index (χ1n) is 5.70. The third kappa shape index (κ3) is 2.98. The van der Waals surface area contributed by atoms with Gasteiger partial charge in [0.25, 0.3) is 5.56 Å². The lowest BCUT2D eigenvalue weighted by molar-refractivity contribution is 0.00638. The number of hydrogen-bond acceptors (Lipinski definition) is 5. The third-order valence-corrected chi connectivity index (χ3v) is 2.87. The Labute approximate surface area is 114 Å². The first-order chi connectivity index (χ1) is 8.80. The number of nitrogens with one attached hydrogen (secondary N) is 2. The van der Waals surface area contributed by atoms with Gasteiger partial charge in [0.2, 0.25) is 0 Å². The molecule has 0 saturated carbocycles. The average molecular weight is 281 g/mol. The predicted octanol–water partition coefficient (Wildman–Crippen LogP) is 1.93. The quantitative estimate of drug-likeness (QED) is 0.499. The van der Waals surface area contributed by atoms with Crippen molar-refractivity contribution in [1.29, 1.82) is 0 Å². The van der Waals surface area contributed by atoms with Gasteiger partial charge in [0.15, 0.2) is 5.16 Å². The van der Waals surface area contributed by atoms with Gasteiger partial charge in [-0.05, 0) is 33.1 Å². The number of H-pyrrole nitrogens is 2. The van der Waals surface area contributed by atoms with Gasteiger partial charge >= 0.3 is 5.97 Å². The minimum atomic E-state index is -0.585. The van der Waals surface area contributed by atoms with E-state index in [1.807, 2.05) is 6.26 Å². The first-order valence-corrected chi connectivity index (χ1v) is 6.93. The Kier molecular flexibility index (Phi) is 3.40. The second-order valence-corrected chi connectivity index (χ2v) is 5.82. The average Bonchev–Trinajstić information content (AvgIpc) is 2.71. The summed E-state index contributed by atoms with van der Waals surface area (Å²) in [5, 5.41) is 0.841. The van der Waals surface area contributed by atoms with Crippen molar-refractivity contribution in [3.63, 3.8) is 0 Å². The molecule has 0 aliphatic heterocycles. The van der Waals surface area contributed by atoms with Crippen LogP contribution in [0.1, 0.15) is 31.3 Å². The summed E-state index contributed by atoms with van der Waals surface area (Å²) in [4.78, 5) is 33.3. The first kappa shape index (κ1) is 13.7. The molecule has 0 atom stereocenters. The highest BCUT2D eigenvalue weighted by Crippen LogP contribution is 2.16. The Morgan fingerprint density at radius 1 is 1.37 bits per heavy atom. The third-order valence-electron chi connectivity index (χ3n) is 2.29. The minimum Gasteiger partial charge on any atom is -0.455 e. The number of aromatic amines is 2. The van der Waals surface area contributed by atoms with Crippen LogP contribution in [0, 0.1) is 0 Å². The van der Waals surface area contributed by atoms with Crippen molar-refractivity contribution < 1.29 is 9.53 Å². The maximum absolute atomic E-state index is 11.9. The summed E-state index contributed by atoms with van der Waals surface area (Å²) in [5.74, 6) is -0.504. The van der Waals surface area contributed by atoms with Crippen molar-refractivity contribution in [1.82, 2.24) is 15.0 Å². The fraction of sp³-hybridized carbons (Fsp3) is 0.417. The lowest BCUT2D eigenvalue weighted by Gasteiger charge is -2.18. The van der Waals surface area contributed by atoms with Crippen LogP contribution in [0.5, 0.6) is 0 Å². The van der Waals surface area contributed by atoms with E-state index < -0.39 is 11.6 Å². The topological polar surface area (TPSA) is 87.8 Å². The maximum atomic E-state index is 11.9. The van der Waals surface area contributed by atoms with Crippen molar-refractivity contribution >= 4 is 28.8 Å². The van der Waals surface area contributed by atoms with Crippen LogP contribution in [0.15, 0.2) is 16.0 Å². The molecule has 2 aromatic rings. The van der Waals surface area contributed by atoms with Crippen molar-refractivity contribution in [3.05, 3.63) is 22.1 Å². The molecule has 0 radical (unpaired) electrons. The van der Waals surface area contributed by atoms with Gasteiger partial charge in [-0.2, -0.15) is 0 Å². The monoisotopic (exact) mass is 281 g/mol. The number of fused-ring (bicyclic) bond motifs is 1. The Bertz CT molecular complexity index is 682. The highest BCUT2D eigenvalue weighted by atomic mass is 32.2. The Morgan fingerprint density at radius 2 is 2.05 bits per heavy atom. The summed E-state index contributed by atoms with van der Waals surface area (Å²) in [7, 11) is 0. The van der Waals surface area contributed by atoms with E-state index in [4.69, 9.17) is 4.74 Å². The van der Waals surface area contributed by atoms with E-state index in [0.29, 0.717) is 16.2 Å². The molecular weight excluding hydrogens is 266 g/mol. The molecule has 0 bridgehead atoms. The van der Waals surface area contributed by atoms with Crippen molar-refractivity contribution in [2.75, 3.05) is 6.26 Å². The molecule has 0 aliphatic rings. The van der Waals surface area contributed by atoms with E-state index in [2.05, 4.69) is 15.0 Å². The van der Waals surface area contributed by atoms with E-state index in [1.54, 1.807) is 20.8 Å². The molecule has 0 aliphatic carbocycles. The fourth-order valence-corrected chi connectivity index (χ4v) is 1.92. The second-order valence-electron chi connectivity index (χ2n) is 5.02. The summed E-state index contributed by atoms with van der Waals surface area (Å²) < 4.78 is 5.23. The number of ether oxygens (including phenoxy) is 1. The van der Waals surface area contributed by atoms with Crippen LogP contribution in [-0.2, 0) is 4.74 Å². The molecule has 0 saturated heterocycles. The SMILES string of the molecule is CSc1nc2[nH]c(C(=O)OC(C)(C)C)cc2c(=O)[nH]1. The van der Waals surface area contributed by atoms with Gasteiger partial charge in [-0.1, -0.05) is 11.8 Å². The molecule has 2 N–H and O–H groups in total. The molecular formula is C12H15N3O3S. The number of thioether (sulfide) groups is 1. The smallest absolute Gasteiger partial charge is 0.355 e. The Balaban J connectivity index is 2.45. The number of nitrogens with zero attached hydrogens (tertiary/aromatic N) is 1. The normalized spacial score (nSPS) is 11.8. The van der Waals surface area contributed by atoms with Gasteiger partial charge in [-0.3, -0.25) is 4.79 Å². The van der Waals surface area contributed by atoms with Crippen LogP contribution in [0.25, 0.3) is 11.0 Å². The molecule has 102 valence electrons. The molecule has 2 aromatic heterocycles. The van der Waals surface area contributed by atoms with Gasteiger partial charge in [-0.15, -0.1) is 0 Å². The summed E-state index contributed by atoms with van der Waals surface area (Å²) in [6.45, 7) is 5.35. The highest BCUT2D eigenvalue weighted by Gasteiger charge is 2.20. The Hall–Kier alpha value is -1.76. The van der Waals surface area contributed by atoms with Gasteiger partial charge in [0.05, 0.1) is 5.39 Å². The van der Waals surface area contributed by atoms with E-state index in [1.165, 1.54) is 17.8 Å². The molecule has 0 amide bonds. The standard InChI is InChI=1S/C12H15N3O3S/c1-12(2,3)18-10(17)7-5-6-8(13-7)14-11(19-4)15-9(6)16/h5H,1-4H3,(H2,13,14,15,16). The van der Waals surface area contributed by atoms with Crippen molar-refractivity contribution in [3.8, 4) is 0 Å². The van der Waals surface area contributed by atoms with E-state index in [9.17, 15) is 9.59 Å². The van der Waals surface area contributed by atoms with Gasteiger partial charge in [-0.25, -0.2) is 9.78 Å². The zero-order valence-corrected chi connectivity index (χ0v) is 12.0. The van der Waals surface area contributed by atoms with Crippen LogP contribution in [0.2, 0.25) is 0 Å². The van der Waals surface area contributed by atoms with Crippen LogP contribution < -0.4 is 5.56 Å². The van der Waals surface area contributed by atoms with E-state index in [-0.39, 0.29) is 11.3 Å². The van der Waals surface area contributed by atoms with Crippen LogP contribution in [0.4, 0.5) is 0 Å². The minimum absolute atomic E-state index is 0.223. The van der Waals surface area contributed by atoms with Crippen LogP contribution >= 0.6 is 11.8 Å². The molecule has 0 fully saturated rings. The summed E-state index contributed by atoms with van der Waals surface area (Å²) >= 11 is 1.32. The van der Waals surface area contributed by atoms with Gasteiger partial charge < -0.3 is 14.7 Å². The molecule has 2 heterocycles. The Morgan fingerprint density at radius 3 is 2.63 bits per heavy atom. The predicted molar refractivity (Wildman–Crippen MR) is 73.7 cm³/mol. The lowest BCUT2D eigenvalue weighted by atomic mass is 10.2. The summed E-state index contributed by atoms with van der Waals surface area (Å²) in [5.41, 5.74) is -0.255. The largest absolute Gasteiger partial charge is 0.455 e. The second kappa shape index (κ2) is 4.73. The summed E-state index contributed by atoms with van der Waals surface area (Å²) in [6, 6.07) is 1.46. The van der Waals surface area contributed by atoms with Crippen LogP contribution in [-0.4, -0.2) is 32.8 Å².